The number of hydrogen-bond acceptors (Lipinski definition) is 4. The lowest BCUT2D eigenvalue weighted by Crippen LogP contribution is -2.18. The van der Waals surface area contributed by atoms with E-state index in [1.807, 2.05) is 0 Å². The molecular formula is C10H12F3NO4S. The van der Waals surface area contributed by atoms with Gasteiger partial charge in [-0.25, -0.2) is 13.6 Å². The van der Waals surface area contributed by atoms with Gasteiger partial charge in [-0.1, -0.05) is 0 Å². The van der Waals surface area contributed by atoms with Crippen molar-refractivity contribution in [3.8, 4) is 5.75 Å². The summed E-state index contributed by atoms with van der Waals surface area (Å²) in [6.45, 7) is 0.534. The molecular weight excluding hydrogens is 287 g/mol. The number of alkyl halides is 3. The minimum absolute atomic E-state index is 0.0635. The minimum Gasteiger partial charge on any atom is -0.491 e. The van der Waals surface area contributed by atoms with Gasteiger partial charge in [-0.2, -0.15) is 0 Å². The van der Waals surface area contributed by atoms with E-state index in [1.54, 1.807) is 0 Å². The molecule has 0 atom stereocenters. The summed E-state index contributed by atoms with van der Waals surface area (Å²) >= 11 is 0. The van der Waals surface area contributed by atoms with E-state index in [9.17, 15) is 21.6 Å². The number of halogens is 3. The van der Waals surface area contributed by atoms with Gasteiger partial charge in [0.25, 0.3) is 0 Å². The number of primary sulfonamides is 1. The molecule has 0 spiro atoms. The number of aryl methyl sites for hydroxylation is 1. The first kappa shape index (κ1) is 15.7. The highest BCUT2D eigenvalue weighted by Gasteiger charge is 2.28. The summed E-state index contributed by atoms with van der Waals surface area (Å²) in [5, 5.41) is 4.96. The second-order valence-electron chi connectivity index (χ2n) is 3.61. The number of nitrogens with two attached hydrogens (primary N) is 1. The summed E-state index contributed by atoms with van der Waals surface area (Å²) in [5.41, 5.74) is 0.344. The van der Waals surface area contributed by atoms with Crippen molar-refractivity contribution in [1.29, 1.82) is 0 Å². The van der Waals surface area contributed by atoms with Crippen LogP contribution in [0.5, 0.6) is 5.75 Å². The van der Waals surface area contributed by atoms with Crippen molar-refractivity contribution >= 4 is 10.0 Å². The van der Waals surface area contributed by atoms with Crippen LogP contribution in [0.2, 0.25) is 0 Å². The zero-order valence-electron chi connectivity index (χ0n) is 9.90. The first-order valence-corrected chi connectivity index (χ1v) is 6.61. The highest BCUT2D eigenvalue weighted by molar-refractivity contribution is 7.89. The number of hydrogen-bond donors (Lipinski definition) is 1. The van der Waals surface area contributed by atoms with E-state index in [0.29, 0.717) is 5.56 Å². The van der Waals surface area contributed by atoms with Crippen molar-refractivity contribution in [2.24, 2.45) is 5.14 Å². The predicted molar refractivity (Wildman–Crippen MR) is 60.1 cm³/mol. The van der Waals surface area contributed by atoms with Gasteiger partial charge in [0.05, 0.1) is 11.5 Å². The van der Waals surface area contributed by atoms with Crippen LogP contribution in [0.25, 0.3) is 0 Å². The molecule has 0 amide bonds. The fraction of sp³-hybridized carbons (Fsp3) is 0.400. The highest BCUT2D eigenvalue weighted by Crippen LogP contribution is 2.20. The Kier molecular flexibility index (Phi) is 4.77. The van der Waals surface area contributed by atoms with E-state index < -0.39 is 23.0 Å². The van der Waals surface area contributed by atoms with Gasteiger partial charge in [0.15, 0.2) is 0 Å². The lowest BCUT2D eigenvalue weighted by Gasteiger charge is -2.10. The van der Waals surface area contributed by atoms with Gasteiger partial charge in [0.2, 0.25) is 10.0 Å². The van der Waals surface area contributed by atoms with Gasteiger partial charge < -0.3 is 4.74 Å². The molecule has 0 aromatic heterocycles. The van der Waals surface area contributed by atoms with Gasteiger partial charge in [-0.3, -0.25) is 4.74 Å². The predicted octanol–water partition coefficient (Wildman–Crippen LogP) is 1.56. The molecule has 0 radical (unpaired) electrons. The number of sulfonamides is 1. The number of rotatable bonds is 5. The summed E-state index contributed by atoms with van der Waals surface area (Å²) in [4.78, 5) is -0.0635. The number of ether oxygens (including phenoxy) is 2. The lowest BCUT2D eigenvalue weighted by atomic mass is 10.2. The smallest absolute Gasteiger partial charge is 0.491 e. The molecule has 0 saturated heterocycles. The molecule has 9 heteroatoms. The summed E-state index contributed by atoms with van der Waals surface area (Å²) < 4.78 is 65.8. The molecule has 0 saturated carbocycles. The average Bonchev–Trinajstić information content (AvgIpc) is 2.21. The first-order chi connectivity index (χ1) is 8.59. The maximum atomic E-state index is 11.7. The second-order valence-corrected chi connectivity index (χ2v) is 5.14. The van der Waals surface area contributed by atoms with E-state index >= 15 is 0 Å². The Bertz CT molecular complexity index is 542. The normalized spacial score (nSPS) is 12.5. The fourth-order valence-corrected chi connectivity index (χ4v) is 2.11. The van der Waals surface area contributed by atoms with Crippen molar-refractivity contribution in [3.05, 3.63) is 23.8 Å². The molecule has 0 heterocycles. The summed E-state index contributed by atoms with van der Waals surface area (Å²) in [6.07, 6.45) is -4.70. The van der Waals surface area contributed by atoms with Crippen molar-refractivity contribution < 1.29 is 31.1 Å². The number of benzene rings is 1. The Balaban J connectivity index is 2.60. The zero-order valence-corrected chi connectivity index (χ0v) is 10.7. The molecule has 0 aliphatic heterocycles. The molecule has 1 rings (SSSR count). The fourth-order valence-electron chi connectivity index (χ4n) is 1.35. The molecule has 1 aromatic rings. The van der Waals surface area contributed by atoms with E-state index in [2.05, 4.69) is 4.74 Å². The highest BCUT2D eigenvalue weighted by atomic mass is 32.2. The Morgan fingerprint density at radius 2 is 1.89 bits per heavy atom. The van der Waals surface area contributed by atoms with Crippen LogP contribution in [-0.4, -0.2) is 28.0 Å². The monoisotopic (exact) mass is 299 g/mol. The first-order valence-electron chi connectivity index (χ1n) is 5.06. The topological polar surface area (TPSA) is 78.6 Å². The van der Waals surface area contributed by atoms with Gasteiger partial charge in [0, 0.05) is 0 Å². The van der Waals surface area contributed by atoms with Crippen molar-refractivity contribution in [2.45, 2.75) is 18.2 Å². The molecule has 2 N–H and O–H groups in total. The molecule has 19 heavy (non-hydrogen) atoms. The lowest BCUT2D eigenvalue weighted by molar-refractivity contribution is -0.325. The minimum atomic E-state index is -4.70. The van der Waals surface area contributed by atoms with E-state index in [-0.39, 0.29) is 17.3 Å². The van der Waals surface area contributed by atoms with Gasteiger partial charge in [-0.05, 0) is 30.7 Å². The Morgan fingerprint density at radius 1 is 1.26 bits per heavy atom. The summed E-state index contributed by atoms with van der Waals surface area (Å²) in [5.74, 6) is 0.232. The average molecular weight is 299 g/mol. The van der Waals surface area contributed by atoms with Crippen molar-refractivity contribution in [1.82, 2.24) is 0 Å². The standard InChI is InChI=1S/C10H12F3NO4S/c1-7-6-8(2-3-9(7)19(14,15)16)17-4-5-18-10(11,12)13/h2-3,6H,4-5H2,1H3,(H2,14,15,16). The van der Waals surface area contributed by atoms with Gasteiger partial charge in [0.1, 0.15) is 12.4 Å². The molecule has 0 unspecified atom stereocenters. The van der Waals surface area contributed by atoms with Crippen molar-refractivity contribution in [2.75, 3.05) is 13.2 Å². The molecule has 0 fully saturated rings. The van der Waals surface area contributed by atoms with Crippen LogP contribution >= 0.6 is 0 Å². The Hall–Kier alpha value is -1.32. The van der Waals surface area contributed by atoms with E-state index in [4.69, 9.17) is 9.88 Å². The van der Waals surface area contributed by atoms with Crippen LogP contribution in [0.3, 0.4) is 0 Å². The molecule has 0 aliphatic rings. The third-order valence-electron chi connectivity index (χ3n) is 2.07. The third kappa shape index (κ3) is 5.45. The van der Waals surface area contributed by atoms with Crippen LogP contribution in [-0.2, 0) is 14.8 Å². The molecule has 0 aliphatic carbocycles. The maximum absolute atomic E-state index is 11.7. The summed E-state index contributed by atoms with van der Waals surface area (Å²) in [7, 11) is -3.82. The van der Waals surface area contributed by atoms with Crippen LogP contribution < -0.4 is 9.88 Å². The van der Waals surface area contributed by atoms with Crippen LogP contribution in [0, 0.1) is 6.92 Å². The van der Waals surface area contributed by atoms with Crippen LogP contribution in [0.1, 0.15) is 5.56 Å². The summed E-state index contributed by atoms with van der Waals surface area (Å²) in [6, 6.07) is 3.90. The Labute approximate surface area is 108 Å². The second kappa shape index (κ2) is 5.76. The van der Waals surface area contributed by atoms with Gasteiger partial charge >= 0.3 is 6.36 Å². The van der Waals surface area contributed by atoms with Crippen LogP contribution in [0.4, 0.5) is 13.2 Å². The molecule has 0 bridgehead atoms. The van der Waals surface area contributed by atoms with Crippen LogP contribution in [0.15, 0.2) is 23.1 Å². The molecule has 1 aromatic carbocycles. The van der Waals surface area contributed by atoms with Crippen molar-refractivity contribution in [3.63, 3.8) is 0 Å². The van der Waals surface area contributed by atoms with E-state index in [0.717, 1.165) is 0 Å². The maximum Gasteiger partial charge on any atom is 0.522 e. The third-order valence-corrected chi connectivity index (χ3v) is 3.14. The zero-order chi connectivity index (χ0) is 14.7. The molecule has 108 valence electrons. The molecule has 5 nitrogen and oxygen atoms in total. The largest absolute Gasteiger partial charge is 0.522 e. The van der Waals surface area contributed by atoms with E-state index in [1.165, 1.54) is 25.1 Å². The quantitative estimate of drug-likeness (QED) is 0.837. The van der Waals surface area contributed by atoms with Gasteiger partial charge in [-0.15, -0.1) is 13.2 Å². The Morgan fingerprint density at radius 3 is 2.37 bits per heavy atom. The SMILES string of the molecule is Cc1cc(OCCOC(F)(F)F)ccc1S(N)(=O)=O.